The van der Waals surface area contributed by atoms with E-state index in [0.29, 0.717) is 27.2 Å². The number of carbonyl (C=O) groups excluding carboxylic acids is 1. The lowest BCUT2D eigenvalue weighted by molar-refractivity contribution is 0.102. The second-order valence-electron chi connectivity index (χ2n) is 7.84. The molecule has 12 heteroatoms. The van der Waals surface area contributed by atoms with Crippen LogP contribution in [0, 0.1) is 6.92 Å². The molecule has 0 heterocycles. The Bertz CT molecular complexity index is 1690. The zero-order chi connectivity index (χ0) is 26.9. The number of phenolic OH excluding ortho intramolecular Hbond substituents is 1. The van der Waals surface area contributed by atoms with Gasteiger partial charge in [-0.05, 0) is 48.2 Å². The average molecular weight is 560 g/mol. The molecule has 3 N–H and O–H groups in total. The van der Waals surface area contributed by atoms with Gasteiger partial charge in [0.25, 0.3) is 16.0 Å². The quantitative estimate of drug-likeness (QED) is 0.170. The Hall–Kier alpha value is -3.70. The maximum Gasteiger partial charge on any atom is 0.296 e. The molecule has 0 bridgehead atoms. The summed E-state index contributed by atoms with van der Waals surface area (Å²) >= 11 is 12.0. The Morgan fingerprint density at radius 3 is 2.41 bits per heavy atom. The van der Waals surface area contributed by atoms with Gasteiger partial charge in [0, 0.05) is 17.1 Å². The third kappa shape index (κ3) is 5.37. The first-order valence-corrected chi connectivity index (χ1v) is 12.8. The lowest BCUT2D eigenvalue weighted by atomic mass is 10.0. The van der Waals surface area contributed by atoms with E-state index in [9.17, 15) is 22.9 Å². The van der Waals surface area contributed by atoms with E-state index in [1.54, 1.807) is 36.4 Å². The number of halogens is 2. The number of nitrogens with zero attached hydrogens (tertiary/aromatic N) is 2. The number of aromatic hydroxyl groups is 1. The highest BCUT2D eigenvalue weighted by molar-refractivity contribution is 7.86. The van der Waals surface area contributed by atoms with Gasteiger partial charge in [0.05, 0.1) is 28.4 Å². The van der Waals surface area contributed by atoms with Gasteiger partial charge in [0.15, 0.2) is 5.75 Å². The summed E-state index contributed by atoms with van der Waals surface area (Å²) < 4.78 is 38.2. The van der Waals surface area contributed by atoms with Crippen molar-refractivity contribution < 1.29 is 27.6 Å². The number of benzene rings is 4. The third-order valence-corrected chi connectivity index (χ3v) is 7.28. The fourth-order valence-corrected chi connectivity index (χ4v) is 5.20. The topological polar surface area (TPSA) is 138 Å². The molecule has 0 aromatic heterocycles. The minimum Gasteiger partial charge on any atom is -0.505 e. The smallest absolute Gasteiger partial charge is 0.296 e. The lowest BCUT2D eigenvalue weighted by Crippen LogP contribution is -2.12. The zero-order valence-electron chi connectivity index (χ0n) is 19.4. The van der Waals surface area contributed by atoms with Gasteiger partial charge in [-0.3, -0.25) is 9.35 Å². The van der Waals surface area contributed by atoms with Crippen LogP contribution in [0.2, 0.25) is 10.0 Å². The van der Waals surface area contributed by atoms with E-state index >= 15 is 0 Å². The number of nitrogens with one attached hydrogen (secondary N) is 1. The van der Waals surface area contributed by atoms with E-state index in [0.717, 1.165) is 0 Å². The van der Waals surface area contributed by atoms with Crippen molar-refractivity contribution in [2.45, 2.75) is 11.8 Å². The number of ether oxygens (including phenoxy) is 1. The van der Waals surface area contributed by atoms with Crippen molar-refractivity contribution in [3.05, 3.63) is 81.8 Å². The number of rotatable bonds is 6. The molecule has 37 heavy (non-hydrogen) atoms. The molecule has 1 amide bonds. The van der Waals surface area contributed by atoms with Crippen LogP contribution in [0.25, 0.3) is 10.8 Å². The zero-order valence-corrected chi connectivity index (χ0v) is 21.7. The van der Waals surface area contributed by atoms with Crippen molar-refractivity contribution in [1.82, 2.24) is 0 Å². The summed E-state index contributed by atoms with van der Waals surface area (Å²) in [6.45, 7) is 1.41. The van der Waals surface area contributed by atoms with Crippen molar-refractivity contribution in [2.24, 2.45) is 10.2 Å². The first-order valence-electron chi connectivity index (χ1n) is 10.6. The van der Waals surface area contributed by atoms with Gasteiger partial charge in [0.1, 0.15) is 16.3 Å². The van der Waals surface area contributed by atoms with Crippen LogP contribution in [0.3, 0.4) is 0 Å². The molecule has 0 unspecified atom stereocenters. The Labute approximate surface area is 222 Å². The number of anilines is 1. The average Bonchev–Trinajstić information content (AvgIpc) is 2.84. The van der Waals surface area contributed by atoms with Crippen LogP contribution < -0.4 is 10.1 Å². The first-order chi connectivity index (χ1) is 17.5. The Balaban J connectivity index is 1.80. The number of amides is 1. The third-order valence-electron chi connectivity index (χ3n) is 5.49. The summed E-state index contributed by atoms with van der Waals surface area (Å²) in [4.78, 5) is 12.6. The molecule has 190 valence electrons. The van der Waals surface area contributed by atoms with E-state index in [2.05, 4.69) is 15.5 Å². The fourth-order valence-electron chi connectivity index (χ4n) is 3.70. The van der Waals surface area contributed by atoms with Crippen LogP contribution in [0.5, 0.6) is 11.5 Å². The van der Waals surface area contributed by atoms with Crippen LogP contribution >= 0.6 is 23.2 Å². The summed E-state index contributed by atoms with van der Waals surface area (Å²) in [5, 5.41) is 23.2. The van der Waals surface area contributed by atoms with Crippen LogP contribution in [-0.2, 0) is 10.1 Å². The lowest BCUT2D eigenvalue weighted by Gasteiger charge is -2.12. The SMILES string of the molecule is COc1cc(NC(=O)c2cc3ccccc3c(N=Nc3ccc(Cl)c(S(=O)(=O)O)c3C)c2O)ccc1Cl. The van der Waals surface area contributed by atoms with Crippen LogP contribution in [0.15, 0.2) is 75.8 Å². The molecule has 0 atom stereocenters. The Morgan fingerprint density at radius 1 is 1.00 bits per heavy atom. The minimum atomic E-state index is -4.62. The number of hydrogen-bond acceptors (Lipinski definition) is 7. The van der Waals surface area contributed by atoms with Crippen LogP contribution in [0.4, 0.5) is 17.1 Å². The van der Waals surface area contributed by atoms with Gasteiger partial charge >= 0.3 is 0 Å². The van der Waals surface area contributed by atoms with Crippen molar-refractivity contribution in [3.63, 3.8) is 0 Å². The highest BCUT2D eigenvalue weighted by Crippen LogP contribution is 2.41. The fraction of sp³-hybridized carbons (Fsp3) is 0.0800. The highest BCUT2D eigenvalue weighted by atomic mass is 35.5. The summed E-state index contributed by atoms with van der Waals surface area (Å²) in [7, 11) is -3.18. The molecular formula is C25H19Cl2N3O6S. The Kier molecular flexibility index (Phi) is 7.37. The molecule has 0 saturated heterocycles. The highest BCUT2D eigenvalue weighted by Gasteiger charge is 2.21. The predicted octanol–water partition coefficient (Wildman–Crippen LogP) is 7.08. The van der Waals surface area contributed by atoms with Gasteiger partial charge in [-0.1, -0.05) is 47.5 Å². The number of carbonyl (C=O) groups is 1. The molecular weight excluding hydrogens is 541 g/mol. The maximum absolute atomic E-state index is 13.1. The van der Waals surface area contributed by atoms with Gasteiger partial charge < -0.3 is 15.2 Å². The molecule has 0 fully saturated rings. The standard InChI is InChI=1S/C25H19Cl2N3O6S/c1-13-20(10-9-19(27)24(13)37(33,34)35)29-30-22-16-6-4-3-5-14(16)11-17(23(22)31)25(32)28-15-7-8-18(26)21(12-15)36-2/h3-12,31H,1-2H3,(H,28,32)(H,33,34,35). The summed E-state index contributed by atoms with van der Waals surface area (Å²) in [6, 6.07) is 15.8. The van der Waals surface area contributed by atoms with E-state index in [-0.39, 0.29) is 27.5 Å². The van der Waals surface area contributed by atoms with Gasteiger partial charge in [-0.15, -0.1) is 5.11 Å². The molecule has 0 saturated carbocycles. The summed E-state index contributed by atoms with van der Waals surface area (Å²) in [5.41, 5.74) is 0.445. The molecule has 0 aliphatic heterocycles. The number of hydrogen-bond donors (Lipinski definition) is 3. The first kappa shape index (κ1) is 26.4. The van der Waals surface area contributed by atoms with Crippen LogP contribution in [0.1, 0.15) is 15.9 Å². The normalized spacial score (nSPS) is 11.7. The number of phenols is 1. The van der Waals surface area contributed by atoms with Crippen molar-refractivity contribution in [3.8, 4) is 11.5 Å². The maximum atomic E-state index is 13.1. The molecule has 4 aromatic carbocycles. The van der Waals surface area contributed by atoms with Crippen molar-refractivity contribution in [2.75, 3.05) is 12.4 Å². The van der Waals surface area contributed by atoms with Crippen LogP contribution in [-0.4, -0.2) is 31.1 Å². The second kappa shape index (κ2) is 10.3. The minimum absolute atomic E-state index is 0.0142. The predicted molar refractivity (Wildman–Crippen MR) is 142 cm³/mol. The molecule has 9 nitrogen and oxygen atoms in total. The van der Waals surface area contributed by atoms with Crippen molar-refractivity contribution >= 4 is 67.1 Å². The van der Waals surface area contributed by atoms with E-state index in [4.69, 9.17) is 27.9 Å². The van der Waals surface area contributed by atoms with E-state index in [1.165, 1.54) is 38.3 Å². The molecule has 0 spiro atoms. The molecule has 0 aliphatic rings. The summed E-state index contributed by atoms with van der Waals surface area (Å²) in [5.74, 6) is -0.706. The second-order valence-corrected chi connectivity index (χ2v) is 10.0. The Morgan fingerprint density at radius 2 is 1.70 bits per heavy atom. The monoisotopic (exact) mass is 559 g/mol. The number of methoxy groups -OCH3 is 1. The molecule has 4 aromatic rings. The largest absolute Gasteiger partial charge is 0.505 e. The van der Waals surface area contributed by atoms with Crippen molar-refractivity contribution in [1.29, 1.82) is 0 Å². The van der Waals surface area contributed by atoms with E-state index in [1.807, 2.05) is 0 Å². The number of azo groups is 1. The van der Waals surface area contributed by atoms with Gasteiger partial charge in [-0.25, -0.2) is 0 Å². The molecule has 0 radical (unpaired) electrons. The summed E-state index contributed by atoms with van der Waals surface area (Å²) in [6.07, 6.45) is 0. The molecule has 0 aliphatic carbocycles. The molecule has 4 rings (SSSR count). The van der Waals surface area contributed by atoms with Gasteiger partial charge in [0.2, 0.25) is 0 Å². The van der Waals surface area contributed by atoms with Gasteiger partial charge in [-0.2, -0.15) is 13.5 Å². The number of fused-ring (bicyclic) bond motifs is 1. The van der Waals surface area contributed by atoms with E-state index < -0.39 is 26.7 Å².